The van der Waals surface area contributed by atoms with Gasteiger partial charge in [0.05, 0.1) is 0 Å². The maximum atomic E-state index is 6.03. The standard InChI is InChI=1S/C14H23ClN2/c1-10(2)14(9-16)17(4)11(3)12-6-5-7-13(15)8-12/h5-8,10-11,14H,9,16H2,1-4H3. The van der Waals surface area contributed by atoms with Crippen LogP contribution in [0.4, 0.5) is 0 Å². The van der Waals surface area contributed by atoms with Gasteiger partial charge in [-0.3, -0.25) is 4.90 Å². The summed E-state index contributed by atoms with van der Waals surface area (Å²) < 4.78 is 0. The minimum atomic E-state index is 0.324. The van der Waals surface area contributed by atoms with E-state index < -0.39 is 0 Å². The van der Waals surface area contributed by atoms with Crippen molar-refractivity contribution in [3.8, 4) is 0 Å². The first kappa shape index (κ1) is 14.5. The van der Waals surface area contributed by atoms with Gasteiger partial charge in [-0.2, -0.15) is 0 Å². The summed E-state index contributed by atoms with van der Waals surface area (Å²) in [5.41, 5.74) is 7.09. The van der Waals surface area contributed by atoms with E-state index in [1.807, 2.05) is 18.2 Å². The highest BCUT2D eigenvalue weighted by molar-refractivity contribution is 6.30. The van der Waals surface area contributed by atoms with E-state index >= 15 is 0 Å². The Morgan fingerprint density at radius 2 is 1.94 bits per heavy atom. The van der Waals surface area contributed by atoms with Crippen LogP contribution in [0.25, 0.3) is 0 Å². The van der Waals surface area contributed by atoms with E-state index in [4.69, 9.17) is 17.3 Å². The molecule has 0 spiro atoms. The van der Waals surface area contributed by atoms with Crippen molar-refractivity contribution < 1.29 is 0 Å². The zero-order valence-corrected chi connectivity index (χ0v) is 11.9. The first-order chi connectivity index (χ1) is 7.97. The molecule has 0 aromatic heterocycles. The van der Waals surface area contributed by atoms with E-state index in [9.17, 15) is 0 Å². The summed E-state index contributed by atoms with van der Waals surface area (Å²) in [4.78, 5) is 2.33. The van der Waals surface area contributed by atoms with Crippen LogP contribution in [0.15, 0.2) is 24.3 Å². The van der Waals surface area contributed by atoms with Crippen LogP contribution in [0, 0.1) is 5.92 Å². The number of likely N-dealkylation sites (N-methyl/N-ethyl adjacent to an activating group) is 1. The van der Waals surface area contributed by atoms with Crippen molar-refractivity contribution >= 4 is 11.6 Å². The Labute approximate surface area is 110 Å². The summed E-state index contributed by atoms with van der Waals surface area (Å²) in [7, 11) is 2.13. The molecule has 0 aliphatic rings. The average molecular weight is 255 g/mol. The number of nitrogens with two attached hydrogens (primary N) is 1. The van der Waals surface area contributed by atoms with E-state index in [-0.39, 0.29) is 0 Å². The lowest BCUT2D eigenvalue weighted by Gasteiger charge is -2.35. The van der Waals surface area contributed by atoms with Crippen LogP contribution in [0.5, 0.6) is 0 Å². The predicted molar refractivity (Wildman–Crippen MR) is 75.3 cm³/mol. The molecule has 0 heterocycles. The summed E-state index contributed by atoms with van der Waals surface area (Å²) in [6, 6.07) is 8.75. The van der Waals surface area contributed by atoms with Crippen molar-refractivity contribution in [1.82, 2.24) is 4.90 Å². The number of benzene rings is 1. The third-order valence-electron chi connectivity index (χ3n) is 3.48. The highest BCUT2D eigenvalue weighted by atomic mass is 35.5. The van der Waals surface area contributed by atoms with Crippen LogP contribution in [-0.2, 0) is 0 Å². The van der Waals surface area contributed by atoms with Gasteiger partial charge >= 0.3 is 0 Å². The SMILES string of the molecule is CC(C)C(CN)N(C)C(C)c1cccc(Cl)c1. The third kappa shape index (κ3) is 3.70. The Morgan fingerprint density at radius 3 is 2.41 bits per heavy atom. The minimum Gasteiger partial charge on any atom is -0.329 e. The molecule has 1 rings (SSSR count). The van der Waals surface area contributed by atoms with Gasteiger partial charge in [0.2, 0.25) is 0 Å². The van der Waals surface area contributed by atoms with Crippen LogP contribution in [0.3, 0.4) is 0 Å². The smallest absolute Gasteiger partial charge is 0.0409 e. The molecular formula is C14H23ClN2. The van der Waals surface area contributed by atoms with Crippen molar-refractivity contribution in [3.63, 3.8) is 0 Å². The molecule has 0 radical (unpaired) electrons. The average Bonchev–Trinajstić information content (AvgIpc) is 2.28. The van der Waals surface area contributed by atoms with E-state index in [0.717, 1.165) is 5.02 Å². The molecule has 3 heteroatoms. The molecular weight excluding hydrogens is 232 g/mol. The second-order valence-corrected chi connectivity index (χ2v) is 5.38. The number of rotatable bonds is 5. The van der Waals surface area contributed by atoms with Gasteiger partial charge < -0.3 is 5.73 Å². The molecule has 1 aromatic rings. The van der Waals surface area contributed by atoms with Crippen LogP contribution in [0.1, 0.15) is 32.4 Å². The summed E-state index contributed by atoms with van der Waals surface area (Å²) in [6.07, 6.45) is 0. The normalized spacial score (nSPS) is 15.3. The highest BCUT2D eigenvalue weighted by Gasteiger charge is 2.22. The maximum absolute atomic E-state index is 6.03. The fourth-order valence-electron chi connectivity index (χ4n) is 2.20. The minimum absolute atomic E-state index is 0.324. The van der Waals surface area contributed by atoms with Crippen molar-refractivity contribution in [1.29, 1.82) is 0 Å². The second-order valence-electron chi connectivity index (χ2n) is 4.94. The van der Waals surface area contributed by atoms with E-state index in [1.165, 1.54) is 5.56 Å². The van der Waals surface area contributed by atoms with Crippen molar-refractivity contribution in [3.05, 3.63) is 34.9 Å². The molecule has 0 amide bonds. The molecule has 1 aromatic carbocycles. The van der Waals surface area contributed by atoms with Crippen molar-refractivity contribution in [2.24, 2.45) is 11.7 Å². The Balaban J connectivity index is 2.85. The molecule has 0 fully saturated rings. The van der Waals surface area contributed by atoms with E-state index in [0.29, 0.717) is 24.5 Å². The Bertz CT molecular complexity index is 352. The molecule has 0 aliphatic heterocycles. The predicted octanol–water partition coefficient (Wildman–Crippen LogP) is 3.32. The summed E-state index contributed by atoms with van der Waals surface area (Å²) in [5, 5.41) is 0.789. The Kier molecular flexibility index (Phi) is 5.44. The van der Waals surface area contributed by atoms with Gasteiger partial charge in [0.15, 0.2) is 0 Å². The Morgan fingerprint density at radius 1 is 1.29 bits per heavy atom. The quantitative estimate of drug-likeness (QED) is 0.874. The number of halogens is 1. The van der Waals surface area contributed by atoms with Crippen LogP contribution in [-0.4, -0.2) is 24.5 Å². The van der Waals surface area contributed by atoms with Gasteiger partial charge in [-0.15, -0.1) is 0 Å². The zero-order chi connectivity index (χ0) is 13.0. The van der Waals surface area contributed by atoms with Crippen molar-refractivity contribution in [2.45, 2.75) is 32.9 Å². The topological polar surface area (TPSA) is 29.3 Å². The van der Waals surface area contributed by atoms with Gasteiger partial charge in [-0.1, -0.05) is 37.6 Å². The van der Waals surface area contributed by atoms with Gasteiger partial charge in [-0.05, 0) is 37.6 Å². The second kappa shape index (κ2) is 6.39. The Hall–Kier alpha value is -0.570. The fraction of sp³-hybridized carbons (Fsp3) is 0.571. The monoisotopic (exact) mass is 254 g/mol. The number of nitrogens with zero attached hydrogens (tertiary/aromatic N) is 1. The zero-order valence-electron chi connectivity index (χ0n) is 11.2. The molecule has 0 saturated heterocycles. The lowest BCUT2D eigenvalue weighted by atomic mass is 9.99. The van der Waals surface area contributed by atoms with E-state index in [1.54, 1.807) is 0 Å². The molecule has 2 N–H and O–H groups in total. The van der Waals surface area contributed by atoms with Crippen molar-refractivity contribution in [2.75, 3.05) is 13.6 Å². The van der Waals surface area contributed by atoms with Crippen LogP contribution >= 0.6 is 11.6 Å². The lowest BCUT2D eigenvalue weighted by molar-refractivity contribution is 0.150. The number of hydrogen-bond acceptors (Lipinski definition) is 2. The summed E-state index contributed by atoms with van der Waals surface area (Å²) in [5.74, 6) is 0.548. The van der Waals surface area contributed by atoms with Gasteiger partial charge in [-0.25, -0.2) is 0 Å². The molecule has 2 unspecified atom stereocenters. The summed E-state index contributed by atoms with van der Waals surface area (Å²) >= 11 is 6.03. The van der Waals surface area contributed by atoms with Crippen LogP contribution < -0.4 is 5.73 Å². The van der Waals surface area contributed by atoms with Gasteiger partial charge in [0.1, 0.15) is 0 Å². The van der Waals surface area contributed by atoms with E-state index in [2.05, 4.69) is 38.8 Å². The number of hydrogen-bond donors (Lipinski definition) is 1. The van der Waals surface area contributed by atoms with Crippen LogP contribution in [0.2, 0.25) is 5.02 Å². The summed E-state index contributed by atoms with van der Waals surface area (Å²) in [6.45, 7) is 7.28. The maximum Gasteiger partial charge on any atom is 0.0409 e. The molecule has 2 nitrogen and oxygen atoms in total. The molecule has 2 atom stereocenters. The van der Waals surface area contributed by atoms with Gasteiger partial charge in [0.25, 0.3) is 0 Å². The lowest BCUT2D eigenvalue weighted by Crippen LogP contribution is -2.42. The largest absolute Gasteiger partial charge is 0.329 e. The highest BCUT2D eigenvalue weighted by Crippen LogP contribution is 2.25. The molecule has 96 valence electrons. The molecule has 0 saturated carbocycles. The molecule has 17 heavy (non-hydrogen) atoms. The molecule has 0 aliphatic carbocycles. The fourth-order valence-corrected chi connectivity index (χ4v) is 2.40. The third-order valence-corrected chi connectivity index (χ3v) is 3.71. The first-order valence-corrected chi connectivity index (χ1v) is 6.52. The first-order valence-electron chi connectivity index (χ1n) is 6.14. The van der Waals surface area contributed by atoms with Gasteiger partial charge in [0, 0.05) is 23.7 Å². The molecule has 0 bridgehead atoms.